The molecule has 0 aromatic carbocycles. The quantitative estimate of drug-likeness (QED) is 0.102. The molecule has 0 aromatic heterocycles. The van der Waals surface area contributed by atoms with E-state index in [0.717, 1.165) is 0 Å². The lowest BCUT2D eigenvalue weighted by Crippen LogP contribution is -2.68. The van der Waals surface area contributed by atoms with Crippen LogP contribution in [0.2, 0.25) is 0 Å². The molecule has 0 radical (unpaired) electrons. The molecule has 5 rings (SSSR count). The average molecular weight is 684 g/mol. The molecular weight excluding hydrogens is 630 g/mol. The second kappa shape index (κ2) is 15.6. The molecule has 5 fully saturated rings. The lowest BCUT2D eigenvalue weighted by atomic mass is 9.78. The predicted octanol–water partition coefficient (Wildman–Crippen LogP) is -7.04. The van der Waals surface area contributed by atoms with E-state index in [1.54, 1.807) is 0 Å². The van der Waals surface area contributed by atoms with E-state index in [1.165, 1.54) is 0 Å². The lowest BCUT2D eigenvalue weighted by Gasteiger charge is -2.48. The minimum Gasteiger partial charge on any atom is -0.396 e. The number of hydrogen-bond acceptors (Lipinski definition) is 19. The lowest BCUT2D eigenvalue weighted by molar-refractivity contribution is -0.317. The summed E-state index contributed by atoms with van der Waals surface area (Å²) in [5.41, 5.74) is 29.3. The molecular formula is C28H53N5O14. The van der Waals surface area contributed by atoms with Crippen molar-refractivity contribution in [3.8, 4) is 0 Å². The van der Waals surface area contributed by atoms with E-state index in [2.05, 4.69) is 0 Å². The zero-order chi connectivity index (χ0) is 34.2. The second-order valence-electron chi connectivity index (χ2n) is 13.3. The minimum atomic E-state index is -1.57. The summed E-state index contributed by atoms with van der Waals surface area (Å²) in [5.74, 6) is -0.866. The third-order valence-electron chi connectivity index (χ3n) is 10.1. The van der Waals surface area contributed by atoms with Crippen LogP contribution >= 0.6 is 0 Å². The van der Waals surface area contributed by atoms with Crippen molar-refractivity contribution in [2.45, 2.75) is 135 Å². The molecule has 47 heavy (non-hydrogen) atoms. The minimum absolute atomic E-state index is 0.104. The fourth-order valence-electron chi connectivity index (χ4n) is 7.32. The van der Waals surface area contributed by atoms with Crippen LogP contribution in [0.1, 0.15) is 25.7 Å². The number of ether oxygens (including phenoxy) is 7. The second-order valence-corrected chi connectivity index (χ2v) is 13.3. The van der Waals surface area contributed by atoms with Gasteiger partial charge in [-0.3, -0.25) is 0 Å². The number of aliphatic hydroxyl groups is 7. The third kappa shape index (κ3) is 7.49. The highest BCUT2D eigenvalue weighted by Gasteiger charge is 2.55. The fourth-order valence-corrected chi connectivity index (χ4v) is 7.32. The van der Waals surface area contributed by atoms with Gasteiger partial charge in [-0.15, -0.1) is 0 Å². The molecule has 0 bridgehead atoms. The number of rotatable bonds is 10. The summed E-state index contributed by atoms with van der Waals surface area (Å²) in [6.45, 7) is -0.927. The summed E-state index contributed by atoms with van der Waals surface area (Å²) in [6, 6.07) is -3.87. The highest BCUT2D eigenvalue weighted by Crippen LogP contribution is 2.37. The Morgan fingerprint density at radius 1 is 0.723 bits per heavy atom. The van der Waals surface area contributed by atoms with Gasteiger partial charge in [0.15, 0.2) is 18.9 Å². The van der Waals surface area contributed by atoms with E-state index in [-0.39, 0.29) is 26.0 Å². The van der Waals surface area contributed by atoms with Crippen molar-refractivity contribution in [1.82, 2.24) is 0 Å². The largest absolute Gasteiger partial charge is 0.396 e. The molecule has 1 saturated carbocycles. The van der Waals surface area contributed by atoms with Gasteiger partial charge in [0, 0.05) is 24.6 Å². The summed E-state index contributed by atoms with van der Waals surface area (Å²) in [5, 5.41) is 75.0. The summed E-state index contributed by atoms with van der Waals surface area (Å²) >= 11 is 0. The Bertz CT molecular complexity index is 1010. The van der Waals surface area contributed by atoms with Crippen LogP contribution in [0.25, 0.3) is 0 Å². The Kier molecular flexibility index (Phi) is 12.5. The molecule has 10 unspecified atom stereocenters. The molecule has 0 spiro atoms. The number of hydrogen-bond donors (Lipinski definition) is 12. The summed E-state index contributed by atoms with van der Waals surface area (Å²) < 4.78 is 41.4. The maximum atomic E-state index is 11.3. The molecule has 4 aliphatic heterocycles. The van der Waals surface area contributed by atoms with Gasteiger partial charge in [-0.1, -0.05) is 0 Å². The van der Waals surface area contributed by atoms with Gasteiger partial charge in [0.25, 0.3) is 0 Å². The normalized spacial score (nSPS) is 52.6. The Morgan fingerprint density at radius 2 is 1.43 bits per heavy atom. The number of aliphatic hydroxyl groups excluding tert-OH is 6. The van der Waals surface area contributed by atoms with Crippen molar-refractivity contribution >= 4 is 0 Å². The Hall–Kier alpha value is -0.760. The fraction of sp³-hybridized carbons (Fsp3) is 1.00. The van der Waals surface area contributed by atoms with Gasteiger partial charge < -0.3 is 97.6 Å². The van der Waals surface area contributed by atoms with Crippen molar-refractivity contribution in [3.05, 3.63) is 0 Å². The molecule has 19 atom stereocenters. The van der Waals surface area contributed by atoms with Crippen LogP contribution in [-0.4, -0.2) is 178 Å². The van der Waals surface area contributed by atoms with Gasteiger partial charge in [-0.2, -0.15) is 0 Å². The van der Waals surface area contributed by atoms with Gasteiger partial charge in [-0.25, -0.2) is 0 Å². The predicted molar refractivity (Wildman–Crippen MR) is 157 cm³/mol. The Labute approximate surface area is 272 Å². The van der Waals surface area contributed by atoms with E-state index in [1.807, 2.05) is 0 Å². The van der Waals surface area contributed by atoms with Crippen LogP contribution in [0, 0.1) is 5.92 Å². The molecule has 17 N–H and O–H groups in total. The Morgan fingerprint density at radius 3 is 2.11 bits per heavy atom. The topological polar surface area (TPSA) is 336 Å². The molecule has 0 amide bonds. The van der Waals surface area contributed by atoms with Gasteiger partial charge >= 0.3 is 0 Å². The molecule has 4 heterocycles. The summed E-state index contributed by atoms with van der Waals surface area (Å²) in [6.07, 6.45) is -14.8. The van der Waals surface area contributed by atoms with Crippen molar-refractivity contribution in [1.29, 1.82) is 0 Å². The third-order valence-corrected chi connectivity index (χ3v) is 10.1. The first-order valence-corrected chi connectivity index (χ1v) is 16.2. The maximum absolute atomic E-state index is 11.3. The SMILES string of the molecule is NCCC1(O)CO[C@H](O[C@@H]2[C@H](O)[C@H](OC3C(O)[C@H](N)CC(N)[C@H]3O[C@H]3OC4C(O)CCCO[C@H]4C(O)C3N)O[C@@H]2CO)C(N)C1CO. The van der Waals surface area contributed by atoms with Crippen molar-refractivity contribution in [2.24, 2.45) is 34.6 Å². The van der Waals surface area contributed by atoms with Gasteiger partial charge in [0.05, 0.1) is 49.7 Å². The average Bonchev–Trinajstić information content (AvgIpc) is 3.19. The van der Waals surface area contributed by atoms with E-state index in [0.29, 0.717) is 19.4 Å². The molecule has 19 heteroatoms. The summed E-state index contributed by atoms with van der Waals surface area (Å²) in [7, 11) is 0. The first kappa shape index (κ1) is 37.5. The van der Waals surface area contributed by atoms with Crippen LogP contribution in [0.3, 0.4) is 0 Å². The van der Waals surface area contributed by atoms with Gasteiger partial charge in [0.2, 0.25) is 0 Å². The van der Waals surface area contributed by atoms with Crippen LogP contribution < -0.4 is 28.7 Å². The number of fused-ring (bicyclic) bond motifs is 1. The number of nitrogens with two attached hydrogens (primary N) is 5. The zero-order valence-electron chi connectivity index (χ0n) is 26.1. The monoisotopic (exact) mass is 683 g/mol. The van der Waals surface area contributed by atoms with Crippen molar-refractivity contribution in [2.75, 3.05) is 33.0 Å². The van der Waals surface area contributed by atoms with E-state index in [4.69, 9.17) is 61.8 Å². The van der Waals surface area contributed by atoms with Crippen LogP contribution in [0.4, 0.5) is 0 Å². The zero-order valence-corrected chi connectivity index (χ0v) is 26.1. The molecule has 1 aliphatic carbocycles. The molecule has 274 valence electrons. The molecule has 19 nitrogen and oxygen atoms in total. The van der Waals surface area contributed by atoms with E-state index < -0.39 is 129 Å². The first-order valence-electron chi connectivity index (χ1n) is 16.2. The van der Waals surface area contributed by atoms with Crippen LogP contribution in [-0.2, 0) is 33.2 Å². The molecule has 5 aliphatic rings. The molecule has 4 saturated heterocycles. The standard InChI is InChI=1S/C28H53N5O14/c29-4-3-28(40)9-42-25(15(32)10(28)7-34)46-22-14(8-35)43-27(19(22)39)47-24-17(37)11(30)6-12(31)20(24)44-26-16(33)18(38)23-21(45-26)13(36)2-1-5-41-23/h10-27,34-40H,1-9,29-33H2/t10?,11-,12?,13?,14-,15?,16?,17?,18?,19+,20-,21?,22+,23+,24?,25-,26+,27+,28?/m1/s1. The van der Waals surface area contributed by atoms with Crippen LogP contribution in [0.15, 0.2) is 0 Å². The van der Waals surface area contributed by atoms with Gasteiger partial charge in [-0.05, 0) is 32.2 Å². The highest BCUT2D eigenvalue weighted by atomic mass is 16.8. The van der Waals surface area contributed by atoms with E-state index >= 15 is 0 Å². The van der Waals surface area contributed by atoms with E-state index in [9.17, 15) is 35.7 Å². The summed E-state index contributed by atoms with van der Waals surface area (Å²) in [4.78, 5) is 0. The van der Waals surface area contributed by atoms with Crippen LogP contribution in [0.5, 0.6) is 0 Å². The Balaban J connectivity index is 1.30. The van der Waals surface area contributed by atoms with Crippen molar-refractivity contribution < 1.29 is 68.9 Å². The smallest absolute Gasteiger partial charge is 0.187 e. The first-order chi connectivity index (χ1) is 22.3. The van der Waals surface area contributed by atoms with Crippen molar-refractivity contribution in [3.63, 3.8) is 0 Å². The molecule has 0 aromatic rings. The highest BCUT2D eigenvalue weighted by molar-refractivity contribution is 5.03. The maximum Gasteiger partial charge on any atom is 0.187 e. The van der Waals surface area contributed by atoms with Gasteiger partial charge in [0.1, 0.15) is 48.8 Å².